The molecule has 1 aromatic heterocycles. The first kappa shape index (κ1) is 19.8. The van der Waals surface area contributed by atoms with Crippen molar-refractivity contribution in [1.82, 2.24) is 10.2 Å². The van der Waals surface area contributed by atoms with Crippen molar-refractivity contribution in [1.29, 1.82) is 0 Å². The summed E-state index contributed by atoms with van der Waals surface area (Å²) in [5.41, 5.74) is 3.45. The van der Waals surface area contributed by atoms with E-state index in [0.717, 1.165) is 38.0 Å². The van der Waals surface area contributed by atoms with Crippen LogP contribution in [0.15, 0.2) is 66.0 Å². The number of hydrogen-bond acceptors (Lipinski definition) is 3. The molecule has 0 radical (unpaired) electrons. The number of nitrogens with zero attached hydrogens (tertiary/aromatic N) is 1. The number of rotatable bonds is 6. The molecule has 0 spiro atoms. The summed E-state index contributed by atoms with van der Waals surface area (Å²) >= 11 is 1.75. The lowest BCUT2D eigenvalue weighted by atomic mass is 9.96. The molecule has 1 saturated heterocycles. The Labute approximate surface area is 175 Å². The fourth-order valence-corrected chi connectivity index (χ4v) is 4.60. The Bertz CT molecular complexity index is 940. The van der Waals surface area contributed by atoms with Crippen LogP contribution in [0.4, 0.5) is 4.39 Å². The molecular formula is C24H25FN2OS. The van der Waals surface area contributed by atoms with E-state index in [0.29, 0.717) is 6.54 Å². The van der Waals surface area contributed by atoms with Gasteiger partial charge in [0.25, 0.3) is 0 Å². The van der Waals surface area contributed by atoms with Crippen LogP contribution in [0.3, 0.4) is 0 Å². The maximum absolute atomic E-state index is 13.0. The molecule has 150 valence electrons. The molecule has 2 heterocycles. The van der Waals surface area contributed by atoms with Crippen molar-refractivity contribution in [3.05, 3.63) is 83.0 Å². The lowest BCUT2D eigenvalue weighted by Gasteiger charge is -2.32. The minimum atomic E-state index is -0.258. The zero-order valence-corrected chi connectivity index (χ0v) is 17.1. The van der Waals surface area contributed by atoms with E-state index in [1.54, 1.807) is 23.5 Å². The second-order valence-electron chi connectivity index (χ2n) is 7.60. The average Bonchev–Trinajstić information content (AvgIpc) is 3.29. The molecule has 0 aliphatic carbocycles. The predicted molar refractivity (Wildman–Crippen MR) is 116 cm³/mol. The summed E-state index contributed by atoms with van der Waals surface area (Å²) in [5.74, 6) is -0.165. The van der Waals surface area contributed by atoms with Crippen molar-refractivity contribution >= 4 is 17.2 Å². The zero-order valence-electron chi connectivity index (χ0n) is 16.3. The second-order valence-corrected chi connectivity index (χ2v) is 8.54. The van der Waals surface area contributed by atoms with Crippen LogP contribution in [0, 0.1) is 11.7 Å². The summed E-state index contributed by atoms with van der Waals surface area (Å²) in [7, 11) is 0. The number of halogens is 1. The number of amides is 1. The van der Waals surface area contributed by atoms with E-state index in [2.05, 4.69) is 52.0 Å². The number of carbonyl (C=O) groups excluding carboxylic acids is 1. The van der Waals surface area contributed by atoms with Crippen LogP contribution in [0.1, 0.15) is 24.0 Å². The molecule has 5 heteroatoms. The lowest BCUT2D eigenvalue weighted by molar-refractivity contribution is -0.126. The SMILES string of the molecule is O=C(NCc1ccc(F)cc1)C1CCCN(Cc2cccc(-c3cccs3)c2)C1. The van der Waals surface area contributed by atoms with Crippen LogP contribution in [-0.4, -0.2) is 23.9 Å². The summed E-state index contributed by atoms with van der Waals surface area (Å²) in [5, 5.41) is 5.11. The van der Waals surface area contributed by atoms with Crippen LogP contribution in [-0.2, 0) is 17.9 Å². The van der Waals surface area contributed by atoms with Crippen LogP contribution < -0.4 is 5.32 Å². The normalized spacial score (nSPS) is 17.2. The summed E-state index contributed by atoms with van der Waals surface area (Å²) in [6, 6.07) is 19.2. The summed E-state index contributed by atoms with van der Waals surface area (Å²) in [4.78, 5) is 16.3. The summed E-state index contributed by atoms with van der Waals surface area (Å²) < 4.78 is 13.0. The Morgan fingerprint density at radius 3 is 2.76 bits per heavy atom. The number of carbonyl (C=O) groups is 1. The lowest BCUT2D eigenvalue weighted by Crippen LogP contribution is -2.42. The van der Waals surface area contributed by atoms with Gasteiger partial charge in [0.05, 0.1) is 5.92 Å². The van der Waals surface area contributed by atoms with Crippen LogP contribution in [0.5, 0.6) is 0 Å². The van der Waals surface area contributed by atoms with E-state index in [1.165, 1.54) is 28.1 Å². The van der Waals surface area contributed by atoms with Gasteiger partial charge >= 0.3 is 0 Å². The van der Waals surface area contributed by atoms with Crippen molar-refractivity contribution in [2.45, 2.75) is 25.9 Å². The molecular weight excluding hydrogens is 383 g/mol. The molecule has 3 nitrogen and oxygen atoms in total. The maximum Gasteiger partial charge on any atom is 0.224 e. The highest BCUT2D eigenvalue weighted by molar-refractivity contribution is 7.13. The standard InChI is InChI=1S/C24H25FN2OS/c25-22-10-8-18(9-11-22)15-26-24(28)21-6-2-12-27(17-21)16-19-4-1-5-20(14-19)23-7-3-13-29-23/h1,3-5,7-11,13-14,21H,2,6,12,15-17H2,(H,26,28). The zero-order chi connectivity index (χ0) is 20.1. The van der Waals surface area contributed by atoms with Gasteiger partial charge in [0.1, 0.15) is 5.82 Å². The Kier molecular flexibility index (Phi) is 6.37. The van der Waals surface area contributed by atoms with Crippen molar-refractivity contribution in [3.63, 3.8) is 0 Å². The van der Waals surface area contributed by atoms with Crippen LogP contribution in [0.25, 0.3) is 10.4 Å². The highest BCUT2D eigenvalue weighted by atomic mass is 32.1. The average molecular weight is 409 g/mol. The van der Waals surface area contributed by atoms with Crippen LogP contribution in [0.2, 0.25) is 0 Å². The first-order valence-corrected chi connectivity index (χ1v) is 10.9. The monoisotopic (exact) mass is 408 g/mol. The van der Waals surface area contributed by atoms with Crippen molar-refractivity contribution in [3.8, 4) is 10.4 Å². The largest absolute Gasteiger partial charge is 0.352 e. The number of piperidine rings is 1. The third-order valence-corrected chi connectivity index (χ3v) is 6.31. The molecule has 1 atom stereocenters. The third-order valence-electron chi connectivity index (χ3n) is 5.40. The molecule has 1 amide bonds. The Morgan fingerprint density at radius 1 is 1.10 bits per heavy atom. The third kappa shape index (κ3) is 5.31. The van der Waals surface area contributed by atoms with E-state index in [-0.39, 0.29) is 17.6 Å². The topological polar surface area (TPSA) is 32.3 Å². The van der Waals surface area contributed by atoms with E-state index in [9.17, 15) is 9.18 Å². The van der Waals surface area contributed by atoms with E-state index < -0.39 is 0 Å². The van der Waals surface area contributed by atoms with Gasteiger partial charge in [0.2, 0.25) is 5.91 Å². The van der Waals surface area contributed by atoms with Crippen LogP contribution >= 0.6 is 11.3 Å². The van der Waals surface area contributed by atoms with Gasteiger partial charge in [-0.3, -0.25) is 9.69 Å². The number of thiophene rings is 1. The van der Waals surface area contributed by atoms with Crippen molar-refractivity contribution in [2.24, 2.45) is 5.92 Å². The molecule has 4 rings (SSSR count). The minimum Gasteiger partial charge on any atom is -0.352 e. The van der Waals surface area contributed by atoms with Gasteiger partial charge in [-0.2, -0.15) is 0 Å². The molecule has 29 heavy (non-hydrogen) atoms. The number of likely N-dealkylation sites (tertiary alicyclic amines) is 1. The molecule has 1 aliphatic heterocycles. The van der Waals surface area contributed by atoms with Gasteiger partial charge < -0.3 is 5.32 Å². The second kappa shape index (κ2) is 9.33. The molecule has 0 bridgehead atoms. The summed E-state index contributed by atoms with van der Waals surface area (Å²) in [6.07, 6.45) is 1.94. The van der Waals surface area contributed by atoms with Gasteiger partial charge in [0, 0.05) is 24.5 Å². The molecule has 1 fully saturated rings. The molecule has 1 N–H and O–H groups in total. The Hall–Kier alpha value is -2.50. The van der Waals surface area contributed by atoms with Gasteiger partial charge in [0.15, 0.2) is 0 Å². The van der Waals surface area contributed by atoms with Gasteiger partial charge in [-0.1, -0.05) is 36.4 Å². The fourth-order valence-electron chi connectivity index (χ4n) is 3.87. The molecule has 2 aromatic carbocycles. The molecule has 1 aliphatic rings. The Morgan fingerprint density at radius 2 is 1.97 bits per heavy atom. The van der Waals surface area contributed by atoms with Crippen molar-refractivity contribution in [2.75, 3.05) is 13.1 Å². The number of benzene rings is 2. The Balaban J connectivity index is 1.33. The highest BCUT2D eigenvalue weighted by Crippen LogP contribution is 2.26. The molecule has 3 aromatic rings. The van der Waals surface area contributed by atoms with Gasteiger partial charge in [-0.25, -0.2) is 4.39 Å². The predicted octanol–water partition coefficient (Wildman–Crippen LogP) is 5.08. The van der Waals surface area contributed by atoms with Gasteiger partial charge in [-0.15, -0.1) is 11.3 Å². The van der Waals surface area contributed by atoms with E-state index in [4.69, 9.17) is 0 Å². The number of nitrogens with one attached hydrogen (secondary N) is 1. The van der Waals surface area contributed by atoms with E-state index in [1.807, 2.05) is 0 Å². The first-order valence-electron chi connectivity index (χ1n) is 10.0. The quantitative estimate of drug-likeness (QED) is 0.617. The fraction of sp³-hybridized carbons (Fsp3) is 0.292. The number of hydrogen-bond donors (Lipinski definition) is 1. The van der Waals surface area contributed by atoms with E-state index >= 15 is 0 Å². The maximum atomic E-state index is 13.0. The smallest absolute Gasteiger partial charge is 0.224 e. The minimum absolute atomic E-state index is 0.00433. The molecule has 1 unspecified atom stereocenters. The molecule has 0 saturated carbocycles. The van der Waals surface area contributed by atoms with Gasteiger partial charge in [-0.05, 0) is 65.7 Å². The summed E-state index contributed by atoms with van der Waals surface area (Å²) in [6.45, 7) is 3.10. The highest BCUT2D eigenvalue weighted by Gasteiger charge is 2.25. The first-order chi connectivity index (χ1) is 14.2. The van der Waals surface area contributed by atoms with Crippen molar-refractivity contribution < 1.29 is 9.18 Å².